The average molecular weight is 336 g/mol. The van der Waals surface area contributed by atoms with Gasteiger partial charge in [0.15, 0.2) is 0 Å². The Morgan fingerprint density at radius 3 is 2.55 bits per heavy atom. The third-order valence-electron chi connectivity index (χ3n) is 3.25. The molecule has 0 aromatic heterocycles. The highest BCUT2D eigenvalue weighted by atomic mass is 79.9. The van der Waals surface area contributed by atoms with E-state index in [1.54, 1.807) is 0 Å². The smallest absolute Gasteiger partial charge is 0.303 e. The summed E-state index contributed by atoms with van der Waals surface area (Å²) < 4.78 is 1.10. The fourth-order valence-corrected chi connectivity index (χ4v) is 2.70. The molecule has 0 aliphatic rings. The standard InChI is InChI=1S/C16H18BrNO2/c17-14-9-10-15(13-7-4-3-6-12(13)14)18-11-5-1-2-8-16(19)20/h3-4,6-7,9-10,18H,1-2,5,8,11H2,(H,19,20). The van der Waals surface area contributed by atoms with Crippen molar-refractivity contribution in [2.75, 3.05) is 11.9 Å². The van der Waals surface area contributed by atoms with E-state index >= 15 is 0 Å². The predicted molar refractivity (Wildman–Crippen MR) is 86.2 cm³/mol. The Morgan fingerprint density at radius 2 is 1.80 bits per heavy atom. The molecule has 2 aromatic carbocycles. The van der Waals surface area contributed by atoms with Gasteiger partial charge in [-0.05, 0) is 30.4 Å². The zero-order chi connectivity index (χ0) is 14.4. The highest BCUT2D eigenvalue weighted by Gasteiger charge is 2.03. The van der Waals surface area contributed by atoms with Crippen LogP contribution in [0, 0.1) is 0 Å². The quantitative estimate of drug-likeness (QED) is 0.723. The number of aliphatic carboxylic acids is 1. The van der Waals surface area contributed by atoms with Gasteiger partial charge in [-0.2, -0.15) is 0 Å². The molecular formula is C16H18BrNO2. The van der Waals surface area contributed by atoms with Crippen LogP contribution in [0.1, 0.15) is 25.7 Å². The molecule has 3 nitrogen and oxygen atoms in total. The number of benzene rings is 2. The van der Waals surface area contributed by atoms with Crippen molar-refractivity contribution in [3.8, 4) is 0 Å². The molecule has 0 radical (unpaired) electrons. The number of carbonyl (C=O) groups is 1. The van der Waals surface area contributed by atoms with Gasteiger partial charge >= 0.3 is 5.97 Å². The van der Waals surface area contributed by atoms with Crippen LogP contribution in [0.3, 0.4) is 0 Å². The summed E-state index contributed by atoms with van der Waals surface area (Å²) in [5.41, 5.74) is 1.13. The molecule has 0 amide bonds. The monoisotopic (exact) mass is 335 g/mol. The van der Waals surface area contributed by atoms with Crippen LogP contribution >= 0.6 is 15.9 Å². The normalized spacial score (nSPS) is 10.7. The molecule has 0 aliphatic heterocycles. The lowest BCUT2D eigenvalue weighted by Crippen LogP contribution is -2.02. The number of hydrogen-bond acceptors (Lipinski definition) is 2. The lowest BCUT2D eigenvalue weighted by atomic mass is 10.1. The van der Waals surface area contributed by atoms with Crippen LogP contribution in [-0.2, 0) is 4.79 Å². The predicted octanol–water partition coefficient (Wildman–Crippen LogP) is 4.66. The second-order valence-corrected chi connectivity index (χ2v) is 5.63. The van der Waals surface area contributed by atoms with Gasteiger partial charge in [0.1, 0.15) is 0 Å². The minimum Gasteiger partial charge on any atom is -0.481 e. The molecule has 0 bridgehead atoms. The van der Waals surface area contributed by atoms with E-state index in [1.807, 2.05) is 12.1 Å². The molecule has 0 saturated carbocycles. The summed E-state index contributed by atoms with van der Waals surface area (Å²) in [5.74, 6) is -0.711. The SMILES string of the molecule is O=C(O)CCCCCNc1ccc(Br)c2ccccc12. The van der Waals surface area contributed by atoms with Crippen LogP contribution in [-0.4, -0.2) is 17.6 Å². The summed E-state index contributed by atoms with van der Waals surface area (Å²) in [6.45, 7) is 0.866. The molecule has 20 heavy (non-hydrogen) atoms. The van der Waals surface area contributed by atoms with Crippen LogP contribution in [0.4, 0.5) is 5.69 Å². The third kappa shape index (κ3) is 3.97. The number of nitrogens with one attached hydrogen (secondary N) is 1. The molecule has 2 rings (SSSR count). The van der Waals surface area contributed by atoms with E-state index in [1.165, 1.54) is 10.8 Å². The van der Waals surface area contributed by atoms with Crippen molar-refractivity contribution >= 4 is 38.4 Å². The molecule has 2 aromatic rings. The highest BCUT2D eigenvalue weighted by Crippen LogP contribution is 2.29. The van der Waals surface area contributed by atoms with Gasteiger partial charge in [-0.1, -0.05) is 46.6 Å². The zero-order valence-corrected chi connectivity index (χ0v) is 12.8. The van der Waals surface area contributed by atoms with Gasteiger partial charge in [0.2, 0.25) is 0 Å². The van der Waals surface area contributed by atoms with Crippen molar-refractivity contribution in [2.24, 2.45) is 0 Å². The summed E-state index contributed by atoms with van der Waals surface area (Å²) in [6.07, 6.45) is 2.94. The Morgan fingerprint density at radius 1 is 1.05 bits per heavy atom. The van der Waals surface area contributed by atoms with Crippen molar-refractivity contribution in [3.63, 3.8) is 0 Å². The first kappa shape index (κ1) is 14.9. The van der Waals surface area contributed by atoms with Gasteiger partial charge in [0, 0.05) is 28.5 Å². The van der Waals surface area contributed by atoms with E-state index in [2.05, 4.69) is 45.5 Å². The van der Waals surface area contributed by atoms with E-state index in [0.717, 1.165) is 36.0 Å². The van der Waals surface area contributed by atoms with Crippen LogP contribution in [0.2, 0.25) is 0 Å². The van der Waals surface area contributed by atoms with Gasteiger partial charge in [-0.3, -0.25) is 4.79 Å². The fraction of sp³-hybridized carbons (Fsp3) is 0.312. The van der Waals surface area contributed by atoms with E-state index in [4.69, 9.17) is 5.11 Å². The Balaban J connectivity index is 1.90. The summed E-state index contributed by atoms with van der Waals surface area (Å²) in [6, 6.07) is 12.4. The number of anilines is 1. The summed E-state index contributed by atoms with van der Waals surface area (Å²) in [5, 5.41) is 14.4. The lowest BCUT2D eigenvalue weighted by Gasteiger charge is -2.10. The largest absolute Gasteiger partial charge is 0.481 e. The summed E-state index contributed by atoms with van der Waals surface area (Å²) in [7, 11) is 0. The Labute approximate surface area is 127 Å². The van der Waals surface area contributed by atoms with Gasteiger partial charge < -0.3 is 10.4 Å². The fourth-order valence-electron chi connectivity index (χ4n) is 2.22. The van der Waals surface area contributed by atoms with E-state index in [-0.39, 0.29) is 6.42 Å². The second-order valence-electron chi connectivity index (χ2n) is 4.77. The number of hydrogen-bond donors (Lipinski definition) is 2. The van der Waals surface area contributed by atoms with Crippen LogP contribution in [0.5, 0.6) is 0 Å². The first-order chi connectivity index (χ1) is 9.68. The molecule has 0 saturated heterocycles. The molecule has 0 aliphatic carbocycles. The second kappa shape index (κ2) is 7.29. The van der Waals surface area contributed by atoms with Gasteiger partial charge in [-0.15, -0.1) is 0 Å². The molecule has 0 heterocycles. The molecular weight excluding hydrogens is 318 g/mol. The van der Waals surface area contributed by atoms with Crippen LogP contribution in [0.15, 0.2) is 40.9 Å². The van der Waals surface area contributed by atoms with Crippen molar-refractivity contribution in [1.82, 2.24) is 0 Å². The molecule has 4 heteroatoms. The number of halogens is 1. The molecule has 2 N–H and O–H groups in total. The number of carboxylic acid groups (broad SMARTS) is 1. The van der Waals surface area contributed by atoms with E-state index < -0.39 is 5.97 Å². The van der Waals surface area contributed by atoms with Gasteiger partial charge in [0.05, 0.1) is 0 Å². The Kier molecular flexibility index (Phi) is 5.41. The van der Waals surface area contributed by atoms with E-state index in [9.17, 15) is 4.79 Å². The van der Waals surface area contributed by atoms with Crippen molar-refractivity contribution in [1.29, 1.82) is 0 Å². The first-order valence-electron chi connectivity index (χ1n) is 6.81. The van der Waals surface area contributed by atoms with E-state index in [0.29, 0.717) is 0 Å². The molecule has 0 unspecified atom stereocenters. The van der Waals surface area contributed by atoms with Crippen LogP contribution in [0.25, 0.3) is 10.8 Å². The maximum absolute atomic E-state index is 10.4. The minimum atomic E-state index is -0.711. The van der Waals surface area contributed by atoms with Crippen molar-refractivity contribution < 1.29 is 9.90 Å². The summed E-state index contributed by atoms with van der Waals surface area (Å²) >= 11 is 3.56. The van der Waals surface area contributed by atoms with Crippen LogP contribution < -0.4 is 5.32 Å². The Bertz CT molecular complexity index is 598. The number of unbranched alkanes of at least 4 members (excludes halogenated alkanes) is 2. The molecule has 0 fully saturated rings. The lowest BCUT2D eigenvalue weighted by molar-refractivity contribution is -0.137. The summed E-state index contributed by atoms with van der Waals surface area (Å²) in [4.78, 5) is 10.4. The maximum Gasteiger partial charge on any atom is 0.303 e. The minimum absolute atomic E-state index is 0.265. The average Bonchev–Trinajstić information content (AvgIpc) is 2.45. The van der Waals surface area contributed by atoms with Gasteiger partial charge in [0.25, 0.3) is 0 Å². The maximum atomic E-state index is 10.4. The topological polar surface area (TPSA) is 49.3 Å². The molecule has 0 atom stereocenters. The van der Waals surface area contributed by atoms with Crippen molar-refractivity contribution in [2.45, 2.75) is 25.7 Å². The van der Waals surface area contributed by atoms with Crippen molar-refractivity contribution in [3.05, 3.63) is 40.9 Å². The number of fused-ring (bicyclic) bond motifs is 1. The number of rotatable bonds is 7. The number of carboxylic acids is 1. The van der Waals surface area contributed by atoms with Gasteiger partial charge in [-0.25, -0.2) is 0 Å². The Hall–Kier alpha value is -1.55. The third-order valence-corrected chi connectivity index (χ3v) is 3.95. The molecule has 0 spiro atoms. The first-order valence-corrected chi connectivity index (χ1v) is 7.60. The zero-order valence-electron chi connectivity index (χ0n) is 11.2. The molecule has 106 valence electrons. The highest BCUT2D eigenvalue weighted by molar-refractivity contribution is 9.10.